The molecule has 0 bridgehead atoms. The Morgan fingerprint density at radius 2 is 1.86 bits per heavy atom. The number of nitrogens with two attached hydrogens (primary N) is 1. The minimum absolute atomic E-state index is 0.0260. The van der Waals surface area contributed by atoms with Crippen molar-refractivity contribution in [1.29, 1.82) is 0 Å². The van der Waals surface area contributed by atoms with E-state index < -0.39 is 0 Å². The van der Waals surface area contributed by atoms with Gasteiger partial charge in [-0.25, -0.2) is 0 Å². The van der Waals surface area contributed by atoms with Crippen LogP contribution < -0.4 is 26.0 Å². The van der Waals surface area contributed by atoms with Crippen LogP contribution in [0.1, 0.15) is 43.7 Å². The lowest BCUT2D eigenvalue weighted by molar-refractivity contribution is 0.0634. The number of hydrogen-bond donors (Lipinski definition) is 4. The highest BCUT2D eigenvalue weighted by molar-refractivity contribution is 6.06. The van der Waals surface area contributed by atoms with Gasteiger partial charge in [0.2, 0.25) is 0 Å². The molecule has 7 rings (SSSR count). The van der Waals surface area contributed by atoms with Gasteiger partial charge in [-0.15, -0.1) is 0 Å². The lowest BCUT2D eigenvalue weighted by Crippen LogP contribution is -2.51. The van der Waals surface area contributed by atoms with Gasteiger partial charge >= 0.3 is 0 Å². The van der Waals surface area contributed by atoms with Crippen LogP contribution in [0.4, 0.5) is 22.7 Å². The monoisotopic (exact) mass is 572 g/mol. The molecule has 0 unspecified atom stereocenters. The van der Waals surface area contributed by atoms with Crippen molar-refractivity contribution < 1.29 is 14.3 Å². The topological polar surface area (TPSA) is 116 Å². The number of ether oxygens (including phenoxy) is 1. The number of carbonyl (C=O) groups excluding carboxylic acids is 2. The zero-order chi connectivity index (χ0) is 29.7. The minimum Gasteiger partial charge on any atom is -0.497 e. The van der Waals surface area contributed by atoms with E-state index in [0.29, 0.717) is 35.6 Å². The molecule has 5 aromatic rings. The number of aromatic nitrogens is 1. The number of hydrogen-bond acceptors (Lipinski definition) is 6. The molecule has 0 saturated heterocycles. The van der Waals surface area contributed by atoms with Crippen LogP contribution in [0.25, 0.3) is 10.9 Å². The molecule has 0 saturated carbocycles. The molecule has 9 heteroatoms. The Morgan fingerprint density at radius 1 is 1.05 bits per heavy atom. The van der Waals surface area contributed by atoms with Crippen molar-refractivity contribution in [2.24, 2.45) is 0 Å². The zero-order valence-electron chi connectivity index (χ0n) is 24.0. The Hall–Kier alpha value is -5.44. The van der Waals surface area contributed by atoms with Crippen LogP contribution >= 0.6 is 0 Å². The van der Waals surface area contributed by atoms with E-state index in [1.165, 1.54) is 5.56 Å². The van der Waals surface area contributed by atoms with Crippen LogP contribution in [-0.4, -0.2) is 42.4 Å². The Balaban J connectivity index is 1.07. The Bertz CT molecular complexity index is 1880. The Morgan fingerprint density at radius 3 is 2.65 bits per heavy atom. The molecule has 0 radical (unpaired) electrons. The summed E-state index contributed by atoms with van der Waals surface area (Å²) in [6.07, 6.45) is 0.577. The summed E-state index contributed by atoms with van der Waals surface area (Å²) in [7, 11) is 3.72. The van der Waals surface area contributed by atoms with E-state index in [4.69, 9.17) is 10.5 Å². The average Bonchev–Trinajstić information content (AvgIpc) is 3.41. The fourth-order valence-corrected chi connectivity index (χ4v) is 6.18. The molecular formula is C34H32N6O3. The van der Waals surface area contributed by atoms with Gasteiger partial charge in [-0.2, -0.15) is 0 Å². The van der Waals surface area contributed by atoms with Crippen molar-refractivity contribution in [2.75, 3.05) is 42.0 Å². The third kappa shape index (κ3) is 4.59. The van der Waals surface area contributed by atoms with Crippen LogP contribution in [0.5, 0.6) is 5.75 Å². The molecule has 2 aliphatic rings. The number of nitrogens with one attached hydrogen (secondary N) is 3. The van der Waals surface area contributed by atoms with Gasteiger partial charge in [0, 0.05) is 42.3 Å². The number of carbonyl (C=O) groups is 2. The first kappa shape index (κ1) is 26.5. The maximum absolute atomic E-state index is 13.8. The summed E-state index contributed by atoms with van der Waals surface area (Å²) < 4.78 is 5.46. The molecule has 3 heterocycles. The van der Waals surface area contributed by atoms with Crippen molar-refractivity contribution in [3.63, 3.8) is 0 Å². The molecule has 4 aromatic carbocycles. The van der Waals surface area contributed by atoms with E-state index in [1.807, 2.05) is 66.5 Å². The molecule has 1 aromatic heterocycles. The van der Waals surface area contributed by atoms with Crippen LogP contribution in [0.15, 0.2) is 84.9 Å². The highest BCUT2D eigenvalue weighted by Gasteiger charge is 2.41. The number of rotatable bonds is 6. The average molecular weight is 573 g/mol. The van der Waals surface area contributed by atoms with Crippen molar-refractivity contribution in [2.45, 2.75) is 19.1 Å². The maximum atomic E-state index is 13.8. The number of methoxy groups -OCH3 is 1. The normalized spacial score (nSPS) is 15.5. The number of anilines is 4. The molecule has 1 atom stereocenters. The lowest BCUT2D eigenvalue weighted by Gasteiger charge is -2.46. The summed E-state index contributed by atoms with van der Waals surface area (Å²) in [6, 6.07) is 26.6. The van der Waals surface area contributed by atoms with E-state index in [9.17, 15) is 9.59 Å². The molecule has 5 N–H and O–H groups in total. The molecule has 0 fully saturated rings. The minimum atomic E-state index is -0.218. The van der Waals surface area contributed by atoms with Gasteiger partial charge in [0.25, 0.3) is 11.8 Å². The number of aromatic amines is 1. The maximum Gasteiger partial charge on any atom is 0.257 e. The van der Waals surface area contributed by atoms with Crippen LogP contribution in [0.2, 0.25) is 0 Å². The zero-order valence-corrected chi connectivity index (χ0v) is 24.0. The largest absolute Gasteiger partial charge is 0.497 e. The first-order chi connectivity index (χ1) is 20.9. The molecule has 9 nitrogen and oxygen atoms in total. The third-order valence-corrected chi connectivity index (χ3v) is 8.46. The van der Waals surface area contributed by atoms with Gasteiger partial charge in [0.05, 0.1) is 35.4 Å². The Kier molecular flexibility index (Phi) is 6.42. The summed E-state index contributed by atoms with van der Waals surface area (Å²) in [5.41, 5.74) is 14.4. The van der Waals surface area contributed by atoms with Crippen molar-refractivity contribution in [3.05, 3.63) is 113 Å². The van der Waals surface area contributed by atoms with E-state index in [0.717, 1.165) is 45.7 Å². The molecular weight excluding hydrogens is 540 g/mol. The summed E-state index contributed by atoms with van der Waals surface area (Å²) in [5.74, 6) is 0.633. The van der Waals surface area contributed by atoms with Gasteiger partial charge in [0.1, 0.15) is 11.9 Å². The summed E-state index contributed by atoms with van der Waals surface area (Å²) in [6.45, 7) is 1.18. The van der Waals surface area contributed by atoms with Gasteiger partial charge in [-0.3, -0.25) is 9.59 Å². The molecule has 43 heavy (non-hydrogen) atoms. The fraction of sp³-hybridized carbons (Fsp3) is 0.176. The Labute approximate surface area is 249 Å². The lowest BCUT2D eigenvalue weighted by atomic mass is 9.95. The van der Waals surface area contributed by atoms with Crippen molar-refractivity contribution in [1.82, 2.24) is 9.88 Å². The molecule has 2 aliphatic heterocycles. The quantitative estimate of drug-likeness (QED) is 0.192. The van der Waals surface area contributed by atoms with E-state index in [1.54, 1.807) is 31.4 Å². The van der Waals surface area contributed by atoms with Crippen LogP contribution in [0, 0.1) is 0 Å². The smallest absolute Gasteiger partial charge is 0.257 e. The first-order valence-corrected chi connectivity index (χ1v) is 14.3. The highest BCUT2D eigenvalue weighted by atomic mass is 16.5. The number of benzene rings is 4. The number of para-hydroxylation sites is 2. The van der Waals surface area contributed by atoms with Gasteiger partial charge in [0.15, 0.2) is 0 Å². The standard InChI is InChI=1S/C34H32N6O3/c1-39-30-14-11-22(36-19-20-7-9-21(10-8-20)32(41)38-29-6-4-3-5-27(29)35)17-26(30)34(42)40-16-15-24-25-18-23(43-2)12-13-28(25)37-31(24)33(39)40/h3-14,17-18,33,36-37H,15-16,19,35H2,1-2H3,(H,38,41)/t33-/m0/s1. The summed E-state index contributed by atoms with van der Waals surface area (Å²) in [4.78, 5) is 34.2. The van der Waals surface area contributed by atoms with Crippen molar-refractivity contribution >= 4 is 45.5 Å². The van der Waals surface area contributed by atoms with Crippen LogP contribution in [0.3, 0.4) is 0 Å². The van der Waals surface area contributed by atoms with Gasteiger partial charge < -0.3 is 35.9 Å². The molecule has 2 amide bonds. The fourth-order valence-electron chi connectivity index (χ4n) is 6.18. The molecule has 216 valence electrons. The number of H-pyrrole nitrogens is 1. The second kappa shape index (κ2) is 10.4. The predicted molar refractivity (Wildman–Crippen MR) is 170 cm³/mol. The van der Waals surface area contributed by atoms with E-state index in [2.05, 4.69) is 26.6 Å². The van der Waals surface area contributed by atoms with Crippen molar-refractivity contribution in [3.8, 4) is 5.75 Å². The second-order valence-corrected chi connectivity index (χ2v) is 11.0. The number of nitrogen functional groups attached to an aromatic ring is 1. The van der Waals surface area contributed by atoms with E-state index >= 15 is 0 Å². The van der Waals surface area contributed by atoms with Gasteiger partial charge in [-0.05, 0) is 78.2 Å². The SMILES string of the molecule is COc1ccc2[nH]c3c(c2c1)CCN1C(=O)c2cc(NCc4ccc(C(=O)Nc5ccccc5N)cc4)ccc2N(C)[C@H]31. The number of nitrogens with zero attached hydrogens (tertiary/aromatic N) is 2. The first-order valence-electron chi connectivity index (χ1n) is 14.3. The summed E-state index contributed by atoms with van der Waals surface area (Å²) >= 11 is 0. The van der Waals surface area contributed by atoms with E-state index in [-0.39, 0.29) is 18.0 Å². The van der Waals surface area contributed by atoms with Crippen LogP contribution in [-0.2, 0) is 13.0 Å². The molecule has 0 aliphatic carbocycles. The summed E-state index contributed by atoms with van der Waals surface area (Å²) in [5, 5.41) is 7.43. The number of fused-ring (bicyclic) bond motifs is 6. The predicted octanol–water partition coefficient (Wildman–Crippen LogP) is 5.77. The van der Waals surface area contributed by atoms with Gasteiger partial charge in [-0.1, -0.05) is 24.3 Å². The third-order valence-electron chi connectivity index (χ3n) is 8.46. The number of amides is 2. The highest BCUT2D eigenvalue weighted by Crippen LogP contribution is 2.44. The second-order valence-electron chi connectivity index (χ2n) is 11.0. The molecule has 0 spiro atoms.